The van der Waals surface area contributed by atoms with Crippen molar-refractivity contribution in [3.05, 3.63) is 0 Å². The number of hydrogen-bond donors (Lipinski definition) is 0. The zero-order valence-electron chi connectivity index (χ0n) is 2.98. The fraction of sp³-hybridized carbons (Fsp3) is 1.00. The minimum atomic E-state index is 0.597. The van der Waals surface area contributed by atoms with Gasteiger partial charge in [0, 0.05) is 0 Å². The maximum Gasteiger partial charge on any atom is 0.0844 e. The van der Waals surface area contributed by atoms with Crippen LogP contribution in [0.25, 0.3) is 0 Å². The number of hydrogen-bond acceptors (Lipinski definition) is 1. The van der Waals surface area contributed by atoms with Gasteiger partial charge in [-0.25, -0.2) is 0 Å². The second-order valence-corrected chi connectivity index (χ2v) is 1.66. The van der Waals surface area contributed by atoms with Crippen LogP contribution in [0.2, 0.25) is 0 Å². The van der Waals surface area contributed by atoms with E-state index in [0.717, 1.165) is 12.8 Å². The van der Waals surface area contributed by atoms with Crippen molar-refractivity contribution in [3.8, 4) is 0 Å². The minimum Gasteiger partial charge on any atom is -0.373 e. The van der Waals surface area contributed by atoms with Crippen LogP contribution in [0.5, 0.6) is 0 Å². The fourth-order valence-corrected chi connectivity index (χ4v) is 0.476. The number of epoxide rings is 1. The van der Waals surface area contributed by atoms with Crippen LogP contribution in [-0.2, 0) is 4.74 Å². The van der Waals surface area contributed by atoms with E-state index in [4.69, 9.17) is 4.74 Å². The van der Waals surface area contributed by atoms with Crippen molar-refractivity contribution in [2.75, 3.05) is 12.8 Å². The molecule has 0 radical (unpaired) electrons. The highest BCUT2D eigenvalue weighted by molar-refractivity contribution is 7.16. The largest absolute Gasteiger partial charge is 0.373 e. The molecule has 1 aliphatic rings. The molecule has 0 aliphatic carbocycles. The van der Waals surface area contributed by atoms with Crippen LogP contribution in [-0.4, -0.2) is 18.9 Å². The van der Waals surface area contributed by atoms with E-state index in [2.05, 4.69) is 9.24 Å². The molecule has 1 saturated heterocycles. The number of rotatable bonds is 1. The summed E-state index contributed by atoms with van der Waals surface area (Å²) in [6, 6.07) is 0. The van der Waals surface area contributed by atoms with Crippen molar-refractivity contribution in [1.29, 1.82) is 0 Å². The highest BCUT2D eigenvalue weighted by atomic mass is 31.0. The molecule has 1 rings (SSSR count). The summed E-state index contributed by atoms with van der Waals surface area (Å²) in [5.74, 6) is 0. The van der Waals surface area contributed by atoms with Gasteiger partial charge in [-0.2, -0.15) is 0 Å². The third-order valence-electron chi connectivity index (χ3n) is 0.665. The van der Waals surface area contributed by atoms with Gasteiger partial charge in [-0.1, -0.05) is 0 Å². The van der Waals surface area contributed by atoms with Gasteiger partial charge in [0.1, 0.15) is 0 Å². The van der Waals surface area contributed by atoms with Gasteiger partial charge in [-0.3, -0.25) is 0 Å². The maximum absolute atomic E-state index is 4.84. The lowest BCUT2D eigenvalue weighted by Crippen LogP contribution is -1.79. The molecular formula is C3H7OP. The highest BCUT2D eigenvalue weighted by Crippen LogP contribution is 2.10. The van der Waals surface area contributed by atoms with Gasteiger partial charge in [-0.05, 0) is 6.16 Å². The number of ether oxygens (including phenoxy) is 1. The Bertz CT molecular complexity index is 33.9. The summed E-state index contributed by atoms with van der Waals surface area (Å²) >= 11 is 0. The van der Waals surface area contributed by atoms with Gasteiger partial charge in [0.25, 0.3) is 0 Å². The molecule has 1 fully saturated rings. The Morgan fingerprint density at radius 3 is 2.60 bits per heavy atom. The fourth-order valence-electron chi connectivity index (χ4n) is 0.204. The molecule has 0 N–H and O–H groups in total. The first-order valence-corrected chi connectivity index (χ1v) is 2.57. The molecule has 1 unspecified atom stereocenters. The van der Waals surface area contributed by atoms with E-state index in [9.17, 15) is 0 Å². The summed E-state index contributed by atoms with van der Waals surface area (Å²) in [5, 5.41) is 0. The van der Waals surface area contributed by atoms with E-state index in [-0.39, 0.29) is 0 Å². The first-order chi connectivity index (χ1) is 2.43. The Morgan fingerprint density at radius 1 is 2.00 bits per heavy atom. The van der Waals surface area contributed by atoms with Crippen LogP contribution >= 0.6 is 9.24 Å². The molecule has 1 nitrogen and oxygen atoms in total. The first kappa shape index (κ1) is 3.58. The van der Waals surface area contributed by atoms with Crippen molar-refractivity contribution >= 4 is 9.24 Å². The Balaban J connectivity index is 2.00. The first-order valence-electron chi connectivity index (χ1n) is 1.75. The second kappa shape index (κ2) is 1.24. The van der Waals surface area contributed by atoms with E-state index in [1.807, 2.05) is 0 Å². The molecule has 0 amide bonds. The SMILES string of the molecule is PC[C@@H]1CO1. The van der Waals surface area contributed by atoms with Crippen LogP contribution in [0.3, 0.4) is 0 Å². The van der Waals surface area contributed by atoms with Crippen molar-refractivity contribution < 1.29 is 4.74 Å². The van der Waals surface area contributed by atoms with Crippen molar-refractivity contribution in [2.24, 2.45) is 0 Å². The van der Waals surface area contributed by atoms with Gasteiger partial charge in [0.05, 0.1) is 12.7 Å². The van der Waals surface area contributed by atoms with Crippen molar-refractivity contribution in [3.63, 3.8) is 0 Å². The lowest BCUT2D eigenvalue weighted by atomic mass is 10.6. The predicted molar refractivity (Wildman–Crippen MR) is 24.3 cm³/mol. The van der Waals surface area contributed by atoms with Crippen molar-refractivity contribution in [1.82, 2.24) is 0 Å². The molecule has 0 aromatic heterocycles. The molecule has 1 heterocycles. The summed E-state index contributed by atoms with van der Waals surface area (Å²) in [6.07, 6.45) is 1.71. The standard InChI is InChI=1S/C3H7OP/c5-2-3-1-4-3/h3H,1-2,5H2/t3-/m0/s1. The normalized spacial score (nSPS) is 34.2. The molecule has 1 aliphatic heterocycles. The van der Waals surface area contributed by atoms with E-state index in [1.165, 1.54) is 0 Å². The Hall–Kier alpha value is 0.390. The average Bonchev–Trinajstić information content (AvgIpc) is 2.12. The monoisotopic (exact) mass is 90.0 g/mol. The second-order valence-electron chi connectivity index (χ2n) is 1.19. The van der Waals surface area contributed by atoms with Gasteiger partial charge < -0.3 is 4.74 Å². The summed E-state index contributed by atoms with van der Waals surface area (Å²) in [5.41, 5.74) is 0. The Kier molecular flexibility index (Phi) is 0.884. The molecule has 30 valence electrons. The predicted octanol–water partition coefficient (Wildman–Crippen LogP) is 0.260. The van der Waals surface area contributed by atoms with Crippen LogP contribution in [0.15, 0.2) is 0 Å². The van der Waals surface area contributed by atoms with Crippen molar-refractivity contribution in [2.45, 2.75) is 6.10 Å². The van der Waals surface area contributed by atoms with Crippen LogP contribution in [0.4, 0.5) is 0 Å². The maximum atomic E-state index is 4.84. The lowest BCUT2D eigenvalue weighted by molar-refractivity contribution is 0.426. The third kappa shape index (κ3) is 0.863. The van der Waals surface area contributed by atoms with Crippen LogP contribution < -0.4 is 0 Å². The summed E-state index contributed by atoms with van der Waals surface area (Å²) in [6.45, 7) is 0.990. The molecule has 0 saturated carbocycles. The Labute approximate surface area is 33.9 Å². The van der Waals surface area contributed by atoms with E-state index in [1.54, 1.807) is 0 Å². The van der Waals surface area contributed by atoms with Gasteiger partial charge in [-0.15, -0.1) is 9.24 Å². The third-order valence-corrected chi connectivity index (χ3v) is 1.19. The zero-order chi connectivity index (χ0) is 3.70. The average molecular weight is 90.1 g/mol. The molecule has 5 heavy (non-hydrogen) atoms. The van der Waals surface area contributed by atoms with Gasteiger partial charge >= 0.3 is 0 Å². The highest BCUT2D eigenvalue weighted by Gasteiger charge is 2.18. The van der Waals surface area contributed by atoms with Crippen LogP contribution in [0, 0.1) is 0 Å². The van der Waals surface area contributed by atoms with Gasteiger partial charge in [0.2, 0.25) is 0 Å². The van der Waals surface area contributed by atoms with E-state index < -0.39 is 0 Å². The zero-order valence-corrected chi connectivity index (χ0v) is 4.13. The smallest absolute Gasteiger partial charge is 0.0844 e. The van der Waals surface area contributed by atoms with E-state index in [0.29, 0.717) is 6.10 Å². The molecule has 0 aromatic carbocycles. The lowest BCUT2D eigenvalue weighted by Gasteiger charge is -1.69. The molecule has 2 atom stereocenters. The molecule has 0 bridgehead atoms. The van der Waals surface area contributed by atoms with Crippen LogP contribution in [0.1, 0.15) is 0 Å². The van der Waals surface area contributed by atoms with Gasteiger partial charge in [0.15, 0.2) is 0 Å². The Morgan fingerprint density at radius 2 is 2.60 bits per heavy atom. The van der Waals surface area contributed by atoms with E-state index >= 15 is 0 Å². The molecule has 0 spiro atoms. The summed E-state index contributed by atoms with van der Waals surface area (Å²) < 4.78 is 4.84. The topological polar surface area (TPSA) is 12.5 Å². The minimum absolute atomic E-state index is 0.597. The molecular weight excluding hydrogens is 83.0 g/mol. The summed E-state index contributed by atoms with van der Waals surface area (Å²) in [7, 11) is 2.63. The molecule has 0 aromatic rings. The molecule has 2 heteroatoms. The quantitative estimate of drug-likeness (QED) is 0.332. The summed E-state index contributed by atoms with van der Waals surface area (Å²) in [4.78, 5) is 0.